The van der Waals surface area contributed by atoms with Gasteiger partial charge in [0.05, 0.1) is 17.1 Å². The summed E-state index contributed by atoms with van der Waals surface area (Å²) in [6, 6.07) is 3.47. The van der Waals surface area contributed by atoms with E-state index in [1.54, 1.807) is 24.2 Å². The number of pyridine rings is 1. The van der Waals surface area contributed by atoms with Crippen molar-refractivity contribution in [2.75, 3.05) is 36.5 Å². The molecule has 1 unspecified atom stereocenters. The molecule has 2 fully saturated rings. The van der Waals surface area contributed by atoms with Crippen LogP contribution in [0.1, 0.15) is 42.5 Å². The van der Waals surface area contributed by atoms with Gasteiger partial charge in [-0.05, 0) is 31.4 Å². The maximum Gasteiger partial charge on any atom is 0.255 e. The molecule has 3 rings (SSSR count). The van der Waals surface area contributed by atoms with E-state index in [9.17, 15) is 13.2 Å². The number of aromatic nitrogens is 1. The predicted molar refractivity (Wildman–Crippen MR) is 94.1 cm³/mol. The molecule has 0 N–H and O–H groups in total. The zero-order valence-electron chi connectivity index (χ0n) is 14.1. The van der Waals surface area contributed by atoms with Crippen LogP contribution in [0.5, 0.6) is 0 Å². The molecular weight excluding hydrogens is 326 g/mol. The molecular formula is C17H25N3O3S. The summed E-state index contributed by atoms with van der Waals surface area (Å²) in [6.45, 7) is 2.03. The second kappa shape index (κ2) is 7.09. The average molecular weight is 351 g/mol. The van der Waals surface area contributed by atoms with Gasteiger partial charge in [0.1, 0.15) is 5.82 Å². The van der Waals surface area contributed by atoms with Crippen molar-refractivity contribution >= 4 is 21.6 Å². The quantitative estimate of drug-likeness (QED) is 0.829. The number of sulfone groups is 1. The van der Waals surface area contributed by atoms with E-state index in [2.05, 4.69) is 9.88 Å². The van der Waals surface area contributed by atoms with E-state index in [1.165, 1.54) is 25.7 Å². The molecule has 2 aliphatic rings. The molecule has 0 aromatic carbocycles. The lowest BCUT2D eigenvalue weighted by Crippen LogP contribution is -2.37. The van der Waals surface area contributed by atoms with Crippen molar-refractivity contribution < 1.29 is 13.2 Å². The summed E-state index contributed by atoms with van der Waals surface area (Å²) in [6.07, 6.45) is 7.03. The smallest absolute Gasteiger partial charge is 0.255 e. The van der Waals surface area contributed by atoms with Crippen molar-refractivity contribution in [2.24, 2.45) is 0 Å². The van der Waals surface area contributed by atoms with Crippen LogP contribution in [0.3, 0.4) is 0 Å². The number of nitrogens with zero attached hydrogens (tertiary/aromatic N) is 3. The highest BCUT2D eigenvalue weighted by atomic mass is 32.2. The number of hydrogen-bond acceptors (Lipinski definition) is 5. The SMILES string of the molecule is CN(C(=O)c1ccc(N2CCCCCC2)nc1)C1CCS(=O)(=O)C1. The van der Waals surface area contributed by atoms with Crippen LogP contribution >= 0.6 is 0 Å². The van der Waals surface area contributed by atoms with Crippen molar-refractivity contribution in [1.82, 2.24) is 9.88 Å². The summed E-state index contributed by atoms with van der Waals surface area (Å²) in [7, 11) is -1.32. The highest BCUT2D eigenvalue weighted by Crippen LogP contribution is 2.20. The van der Waals surface area contributed by atoms with E-state index in [0.29, 0.717) is 12.0 Å². The summed E-state index contributed by atoms with van der Waals surface area (Å²) in [5.74, 6) is 0.988. The van der Waals surface area contributed by atoms with Crippen molar-refractivity contribution in [1.29, 1.82) is 0 Å². The van der Waals surface area contributed by atoms with Crippen LogP contribution in [-0.2, 0) is 9.84 Å². The third kappa shape index (κ3) is 3.88. The van der Waals surface area contributed by atoms with Crippen LogP contribution in [0, 0.1) is 0 Å². The van der Waals surface area contributed by atoms with E-state index in [-0.39, 0.29) is 23.5 Å². The van der Waals surface area contributed by atoms with E-state index in [4.69, 9.17) is 0 Å². The van der Waals surface area contributed by atoms with Gasteiger partial charge in [-0.3, -0.25) is 4.79 Å². The molecule has 7 heteroatoms. The number of rotatable bonds is 3. The fraction of sp³-hybridized carbons (Fsp3) is 0.647. The second-order valence-corrected chi connectivity index (χ2v) is 9.01. The van der Waals surface area contributed by atoms with Crippen molar-refractivity contribution in [3.8, 4) is 0 Å². The lowest BCUT2D eigenvalue weighted by atomic mass is 10.2. The Bertz CT molecular complexity index is 680. The van der Waals surface area contributed by atoms with Gasteiger partial charge in [0.25, 0.3) is 5.91 Å². The predicted octanol–water partition coefficient (Wildman–Crippen LogP) is 1.72. The molecule has 1 aromatic heterocycles. The highest BCUT2D eigenvalue weighted by molar-refractivity contribution is 7.91. The lowest BCUT2D eigenvalue weighted by molar-refractivity contribution is 0.0747. The van der Waals surface area contributed by atoms with E-state index in [1.807, 2.05) is 6.07 Å². The molecule has 132 valence electrons. The van der Waals surface area contributed by atoms with Crippen LogP contribution < -0.4 is 4.90 Å². The molecule has 1 amide bonds. The Balaban J connectivity index is 1.67. The Morgan fingerprint density at radius 2 is 1.92 bits per heavy atom. The minimum absolute atomic E-state index is 0.0640. The fourth-order valence-electron chi connectivity index (χ4n) is 3.45. The Hall–Kier alpha value is -1.63. The first-order chi connectivity index (χ1) is 11.5. The monoisotopic (exact) mass is 351 g/mol. The summed E-state index contributed by atoms with van der Waals surface area (Å²) in [5.41, 5.74) is 0.514. The largest absolute Gasteiger partial charge is 0.357 e. The molecule has 0 saturated carbocycles. The van der Waals surface area contributed by atoms with E-state index in [0.717, 1.165) is 18.9 Å². The van der Waals surface area contributed by atoms with Crippen molar-refractivity contribution in [3.05, 3.63) is 23.9 Å². The van der Waals surface area contributed by atoms with Gasteiger partial charge in [0, 0.05) is 32.4 Å². The number of carbonyl (C=O) groups is 1. The Labute approximate surface area is 143 Å². The zero-order chi connectivity index (χ0) is 17.2. The maximum atomic E-state index is 12.6. The fourth-order valence-corrected chi connectivity index (χ4v) is 5.22. The standard InChI is InChI=1S/C17H25N3O3S/c1-19(15-8-11-24(22,23)13-15)17(21)14-6-7-16(18-12-14)20-9-4-2-3-5-10-20/h6-7,12,15H,2-5,8-11,13H2,1H3. The van der Waals surface area contributed by atoms with Crippen LogP contribution in [0.2, 0.25) is 0 Å². The van der Waals surface area contributed by atoms with Gasteiger partial charge in [0.15, 0.2) is 9.84 Å². The summed E-state index contributed by atoms with van der Waals surface area (Å²) < 4.78 is 23.2. The maximum absolute atomic E-state index is 12.6. The first-order valence-electron chi connectivity index (χ1n) is 8.65. The van der Waals surface area contributed by atoms with Gasteiger partial charge < -0.3 is 9.80 Å². The number of amides is 1. The summed E-state index contributed by atoms with van der Waals surface area (Å²) in [4.78, 5) is 20.8. The molecule has 0 bridgehead atoms. The van der Waals surface area contributed by atoms with Gasteiger partial charge in [-0.2, -0.15) is 0 Å². The van der Waals surface area contributed by atoms with Crippen LogP contribution in [0.4, 0.5) is 5.82 Å². The Morgan fingerprint density at radius 3 is 2.46 bits per heavy atom. The van der Waals surface area contributed by atoms with Crippen LogP contribution in [-0.4, -0.2) is 61.9 Å². The van der Waals surface area contributed by atoms with Gasteiger partial charge in [-0.15, -0.1) is 0 Å². The van der Waals surface area contributed by atoms with Gasteiger partial charge >= 0.3 is 0 Å². The molecule has 3 heterocycles. The molecule has 6 nitrogen and oxygen atoms in total. The van der Waals surface area contributed by atoms with Crippen molar-refractivity contribution in [3.63, 3.8) is 0 Å². The molecule has 0 radical (unpaired) electrons. The average Bonchev–Trinajstić information content (AvgIpc) is 2.79. The summed E-state index contributed by atoms with van der Waals surface area (Å²) >= 11 is 0. The van der Waals surface area contributed by atoms with Crippen LogP contribution in [0.15, 0.2) is 18.3 Å². The highest BCUT2D eigenvalue weighted by Gasteiger charge is 2.33. The van der Waals surface area contributed by atoms with Crippen LogP contribution in [0.25, 0.3) is 0 Å². The molecule has 2 saturated heterocycles. The summed E-state index contributed by atoms with van der Waals surface area (Å²) in [5, 5.41) is 0. The van der Waals surface area contributed by atoms with Gasteiger partial charge in [-0.25, -0.2) is 13.4 Å². The van der Waals surface area contributed by atoms with Gasteiger partial charge in [-0.1, -0.05) is 12.8 Å². The van der Waals surface area contributed by atoms with E-state index < -0.39 is 9.84 Å². The first kappa shape index (κ1) is 17.2. The number of carbonyl (C=O) groups excluding carboxylic acids is 1. The molecule has 1 aromatic rings. The molecule has 0 aliphatic carbocycles. The normalized spacial score (nSPS) is 23.7. The molecule has 1 atom stereocenters. The minimum Gasteiger partial charge on any atom is -0.357 e. The molecule has 0 spiro atoms. The third-order valence-corrected chi connectivity index (χ3v) is 6.75. The molecule has 2 aliphatic heterocycles. The van der Waals surface area contributed by atoms with E-state index >= 15 is 0 Å². The zero-order valence-corrected chi connectivity index (χ0v) is 15.0. The topological polar surface area (TPSA) is 70.6 Å². The lowest BCUT2D eigenvalue weighted by Gasteiger charge is -2.24. The Kier molecular flexibility index (Phi) is 5.08. The van der Waals surface area contributed by atoms with Crippen molar-refractivity contribution in [2.45, 2.75) is 38.1 Å². The third-order valence-electron chi connectivity index (χ3n) is 5.00. The van der Waals surface area contributed by atoms with Gasteiger partial charge in [0.2, 0.25) is 0 Å². The number of anilines is 1. The molecule has 24 heavy (non-hydrogen) atoms. The Morgan fingerprint density at radius 1 is 1.21 bits per heavy atom. The minimum atomic E-state index is -3.00. The number of hydrogen-bond donors (Lipinski definition) is 0. The first-order valence-corrected chi connectivity index (χ1v) is 10.5. The second-order valence-electron chi connectivity index (χ2n) is 6.78.